The fourth-order valence-corrected chi connectivity index (χ4v) is 4.00. The summed E-state index contributed by atoms with van der Waals surface area (Å²) in [7, 11) is 0. The van der Waals surface area contributed by atoms with E-state index < -0.39 is 0 Å². The SMILES string of the molecule is CCOC1CC(NC2CCSc3ccccc32)C1. The van der Waals surface area contributed by atoms with Gasteiger partial charge in [-0.3, -0.25) is 0 Å². The average molecular weight is 263 g/mol. The molecule has 0 aromatic heterocycles. The van der Waals surface area contributed by atoms with Gasteiger partial charge in [0.1, 0.15) is 0 Å². The standard InChI is InChI=1S/C15H21NOS/c1-2-17-12-9-11(10-12)16-14-7-8-18-15-6-4-3-5-13(14)15/h3-6,11-12,14,16H,2,7-10H2,1H3. The van der Waals surface area contributed by atoms with Gasteiger partial charge in [0.15, 0.2) is 0 Å². The Morgan fingerprint density at radius 1 is 1.33 bits per heavy atom. The first kappa shape index (κ1) is 12.5. The normalized spacial score (nSPS) is 30.6. The Morgan fingerprint density at radius 2 is 2.17 bits per heavy atom. The van der Waals surface area contributed by atoms with Crippen molar-refractivity contribution < 1.29 is 4.74 Å². The largest absolute Gasteiger partial charge is 0.378 e. The van der Waals surface area contributed by atoms with Crippen LogP contribution in [0.15, 0.2) is 29.2 Å². The molecule has 0 spiro atoms. The summed E-state index contributed by atoms with van der Waals surface area (Å²) in [5.74, 6) is 1.23. The lowest BCUT2D eigenvalue weighted by Gasteiger charge is -2.39. The molecule has 0 amide bonds. The lowest BCUT2D eigenvalue weighted by molar-refractivity contribution is -0.0126. The Hall–Kier alpha value is -0.510. The second-order valence-electron chi connectivity index (χ2n) is 5.14. The summed E-state index contributed by atoms with van der Waals surface area (Å²) in [5.41, 5.74) is 1.49. The minimum Gasteiger partial charge on any atom is -0.378 e. The Balaban J connectivity index is 1.59. The van der Waals surface area contributed by atoms with Crippen LogP contribution in [0.5, 0.6) is 0 Å². The number of rotatable bonds is 4. The molecule has 1 aliphatic heterocycles. The molecule has 1 aromatic carbocycles. The summed E-state index contributed by atoms with van der Waals surface area (Å²) < 4.78 is 5.62. The number of nitrogens with one attached hydrogen (secondary N) is 1. The quantitative estimate of drug-likeness (QED) is 0.900. The summed E-state index contributed by atoms with van der Waals surface area (Å²) in [6, 6.07) is 10.0. The van der Waals surface area contributed by atoms with Crippen molar-refractivity contribution in [1.29, 1.82) is 0 Å². The van der Waals surface area contributed by atoms with E-state index in [1.165, 1.54) is 35.5 Å². The van der Waals surface area contributed by atoms with Gasteiger partial charge in [-0.05, 0) is 43.6 Å². The van der Waals surface area contributed by atoms with Crippen molar-refractivity contribution in [3.05, 3.63) is 29.8 Å². The van der Waals surface area contributed by atoms with Crippen LogP contribution in [-0.4, -0.2) is 24.5 Å². The minimum atomic E-state index is 0.501. The number of hydrogen-bond donors (Lipinski definition) is 1. The molecule has 2 nitrogen and oxygen atoms in total. The van der Waals surface area contributed by atoms with Crippen LogP contribution in [0.1, 0.15) is 37.8 Å². The Kier molecular flexibility index (Phi) is 3.92. The first-order valence-corrected chi connectivity index (χ1v) is 7.94. The van der Waals surface area contributed by atoms with Gasteiger partial charge in [-0.15, -0.1) is 11.8 Å². The van der Waals surface area contributed by atoms with E-state index in [9.17, 15) is 0 Å². The van der Waals surface area contributed by atoms with Gasteiger partial charge in [-0.2, -0.15) is 0 Å². The van der Waals surface area contributed by atoms with Gasteiger partial charge in [-0.25, -0.2) is 0 Å². The van der Waals surface area contributed by atoms with E-state index in [1.54, 1.807) is 0 Å². The highest BCUT2D eigenvalue weighted by molar-refractivity contribution is 7.99. The topological polar surface area (TPSA) is 21.3 Å². The van der Waals surface area contributed by atoms with E-state index in [0.717, 1.165) is 6.61 Å². The maximum Gasteiger partial charge on any atom is 0.0604 e. The van der Waals surface area contributed by atoms with Gasteiger partial charge >= 0.3 is 0 Å². The summed E-state index contributed by atoms with van der Waals surface area (Å²) in [5, 5.41) is 3.81. The molecule has 0 bridgehead atoms. The van der Waals surface area contributed by atoms with Gasteiger partial charge < -0.3 is 10.1 Å². The molecular weight excluding hydrogens is 242 g/mol. The summed E-state index contributed by atoms with van der Waals surface area (Å²) in [6.45, 7) is 2.93. The molecule has 1 aromatic rings. The van der Waals surface area contributed by atoms with E-state index in [1.807, 2.05) is 11.8 Å². The first-order valence-electron chi connectivity index (χ1n) is 6.96. The molecule has 1 fully saturated rings. The molecule has 1 unspecified atom stereocenters. The monoisotopic (exact) mass is 263 g/mol. The molecule has 0 radical (unpaired) electrons. The van der Waals surface area contributed by atoms with Crippen molar-refractivity contribution >= 4 is 11.8 Å². The molecule has 1 saturated carbocycles. The van der Waals surface area contributed by atoms with Crippen LogP contribution in [-0.2, 0) is 4.74 Å². The molecule has 1 atom stereocenters. The van der Waals surface area contributed by atoms with Crippen LogP contribution in [0.4, 0.5) is 0 Å². The number of ether oxygens (including phenoxy) is 1. The molecule has 18 heavy (non-hydrogen) atoms. The third kappa shape index (κ3) is 2.58. The van der Waals surface area contributed by atoms with E-state index in [2.05, 4.69) is 36.5 Å². The van der Waals surface area contributed by atoms with Crippen LogP contribution in [0.2, 0.25) is 0 Å². The van der Waals surface area contributed by atoms with Crippen molar-refractivity contribution in [2.45, 2.75) is 49.3 Å². The Morgan fingerprint density at radius 3 is 3.00 bits per heavy atom. The van der Waals surface area contributed by atoms with Crippen molar-refractivity contribution in [2.75, 3.05) is 12.4 Å². The van der Waals surface area contributed by atoms with Crippen LogP contribution >= 0.6 is 11.8 Å². The maximum atomic E-state index is 5.62. The molecule has 1 N–H and O–H groups in total. The second-order valence-corrected chi connectivity index (χ2v) is 6.28. The highest BCUT2D eigenvalue weighted by atomic mass is 32.2. The maximum absolute atomic E-state index is 5.62. The van der Waals surface area contributed by atoms with Gasteiger partial charge in [0.05, 0.1) is 6.10 Å². The molecule has 98 valence electrons. The smallest absolute Gasteiger partial charge is 0.0604 e. The summed E-state index contributed by atoms with van der Waals surface area (Å²) >= 11 is 1.99. The third-order valence-corrected chi connectivity index (χ3v) is 5.02. The van der Waals surface area contributed by atoms with Crippen molar-refractivity contribution in [2.24, 2.45) is 0 Å². The molecule has 1 aliphatic carbocycles. The van der Waals surface area contributed by atoms with Crippen LogP contribution in [0.25, 0.3) is 0 Å². The molecule has 1 heterocycles. The van der Waals surface area contributed by atoms with Crippen molar-refractivity contribution in [1.82, 2.24) is 5.32 Å². The number of hydrogen-bond acceptors (Lipinski definition) is 3. The van der Waals surface area contributed by atoms with E-state index in [0.29, 0.717) is 18.2 Å². The minimum absolute atomic E-state index is 0.501. The van der Waals surface area contributed by atoms with Gasteiger partial charge in [0, 0.05) is 23.6 Å². The fraction of sp³-hybridized carbons (Fsp3) is 0.600. The fourth-order valence-electron chi connectivity index (χ4n) is 2.87. The Bertz CT molecular complexity index is 403. The van der Waals surface area contributed by atoms with Crippen molar-refractivity contribution in [3.8, 4) is 0 Å². The molecule has 3 rings (SSSR count). The van der Waals surface area contributed by atoms with Crippen LogP contribution in [0.3, 0.4) is 0 Å². The predicted molar refractivity (Wildman–Crippen MR) is 76.1 cm³/mol. The molecule has 0 saturated heterocycles. The predicted octanol–water partition coefficient (Wildman–Crippen LogP) is 3.38. The lowest BCUT2D eigenvalue weighted by atomic mass is 9.87. The van der Waals surface area contributed by atoms with Crippen LogP contribution < -0.4 is 5.32 Å². The zero-order valence-corrected chi connectivity index (χ0v) is 11.7. The van der Waals surface area contributed by atoms with Gasteiger partial charge in [-0.1, -0.05) is 18.2 Å². The summed E-state index contributed by atoms with van der Waals surface area (Å²) in [6.07, 6.45) is 4.11. The number of thioether (sulfide) groups is 1. The van der Waals surface area contributed by atoms with E-state index in [-0.39, 0.29) is 0 Å². The lowest BCUT2D eigenvalue weighted by Crippen LogP contribution is -2.47. The van der Waals surface area contributed by atoms with Crippen molar-refractivity contribution in [3.63, 3.8) is 0 Å². The Labute approximate surface area is 113 Å². The highest BCUT2D eigenvalue weighted by Crippen LogP contribution is 2.37. The number of benzene rings is 1. The van der Waals surface area contributed by atoms with Crippen LogP contribution in [0, 0.1) is 0 Å². The highest BCUT2D eigenvalue weighted by Gasteiger charge is 2.32. The first-order chi connectivity index (χ1) is 8.86. The molecule has 2 aliphatic rings. The van der Waals surface area contributed by atoms with Gasteiger partial charge in [0.2, 0.25) is 0 Å². The average Bonchev–Trinajstić information content (AvgIpc) is 2.37. The summed E-state index contributed by atoms with van der Waals surface area (Å²) in [4.78, 5) is 1.46. The molecular formula is C15H21NOS. The zero-order chi connectivity index (χ0) is 12.4. The van der Waals surface area contributed by atoms with E-state index in [4.69, 9.17) is 4.74 Å². The van der Waals surface area contributed by atoms with Gasteiger partial charge in [0.25, 0.3) is 0 Å². The second kappa shape index (κ2) is 5.64. The number of fused-ring (bicyclic) bond motifs is 1. The third-order valence-electron chi connectivity index (χ3n) is 3.89. The van der Waals surface area contributed by atoms with E-state index >= 15 is 0 Å². The molecule has 3 heteroatoms. The zero-order valence-electron chi connectivity index (χ0n) is 10.9.